The van der Waals surface area contributed by atoms with E-state index in [0.29, 0.717) is 117 Å². The molecule has 2 aliphatic rings. The molecule has 16 heteroatoms. The normalized spacial score (nSPS) is 15.4. The van der Waals surface area contributed by atoms with E-state index in [2.05, 4.69) is 29.5 Å². The molecule has 3 rings (SSSR count). The van der Waals surface area contributed by atoms with Crippen LogP contribution >= 0.6 is 0 Å². The first-order valence-electron chi connectivity index (χ1n) is 16.9. The quantitative estimate of drug-likeness (QED) is 0.103. The number of carbonyl (C=O) groups is 3. The number of nitrogens with one attached hydrogen (secondary N) is 1. The summed E-state index contributed by atoms with van der Waals surface area (Å²) in [7, 11) is 0. The van der Waals surface area contributed by atoms with E-state index in [1.165, 1.54) is 12.2 Å². The van der Waals surface area contributed by atoms with Crippen molar-refractivity contribution in [3.05, 3.63) is 24.0 Å². The van der Waals surface area contributed by atoms with Gasteiger partial charge in [-0.25, -0.2) is 9.48 Å². The van der Waals surface area contributed by atoms with Crippen LogP contribution in [0.5, 0.6) is 0 Å². The number of aromatic nitrogens is 3. The van der Waals surface area contributed by atoms with E-state index in [9.17, 15) is 14.4 Å². The van der Waals surface area contributed by atoms with Crippen LogP contribution in [0, 0.1) is 11.8 Å². The average molecular weight is 683 g/mol. The Balaban J connectivity index is 0.967. The molecule has 1 fully saturated rings. The van der Waals surface area contributed by atoms with E-state index in [4.69, 9.17) is 33.2 Å². The van der Waals surface area contributed by atoms with Gasteiger partial charge in [0.2, 0.25) is 0 Å². The van der Waals surface area contributed by atoms with E-state index in [0.717, 1.165) is 36.7 Å². The van der Waals surface area contributed by atoms with Gasteiger partial charge in [-0.05, 0) is 24.7 Å². The Labute approximate surface area is 283 Å². The fraction of sp³-hybridized carbons (Fsp3) is 0.781. The first kappa shape index (κ1) is 39.4. The molecule has 0 aromatic carbocycles. The molecule has 1 N–H and O–H groups in total. The van der Waals surface area contributed by atoms with Crippen LogP contribution in [0.15, 0.2) is 18.3 Å². The molecule has 1 saturated heterocycles. The Bertz CT molecular complexity index is 1060. The first-order valence-corrected chi connectivity index (χ1v) is 16.9. The van der Waals surface area contributed by atoms with E-state index in [1.54, 1.807) is 10.9 Å². The molecule has 272 valence electrons. The van der Waals surface area contributed by atoms with Gasteiger partial charge in [0.05, 0.1) is 112 Å². The van der Waals surface area contributed by atoms with Gasteiger partial charge in [-0.1, -0.05) is 19.1 Å². The van der Waals surface area contributed by atoms with Crippen LogP contribution in [0.25, 0.3) is 0 Å². The van der Waals surface area contributed by atoms with E-state index in [-0.39, 0.29) is 24.4 Å². The predicted molar refractivity (Wildman–Crippen MR) is 173 cm³/mol. The third-order valence-corrected chi connectivity index (χ3v) is 7.80. The molecule has 4 amide bonds. The summed E-state index contributed by atoms with van der Waals surface area (Å²) in [6.45, 7) is 13.8. The molecule has 0 bridgehead atoms. The van der Waals surface area contributed by atoms with Gasteiger partial charge >= 0.3 is 6.03 Å². The maximum Gasteiger partial charge on any atom is 0.317 e. The summed E-state index contributed by atoms with van der Waals surface area (Å²) in [6.07, 6.45) is 6.33. The topological polar surface area (TPSA) is 165 Å². The number of urea groups is 1. The highest BCUT2D eigenvalue weighted by atomic mass is 16.6. The van der Waals surface area contributed by atoms with Gasteiger partial charge in [-0.15, -0.1) is 5.10 Å². The Kier molecular flexibility index (Phi) is 19.9. The molecule has 0 saturated carbocycles. The fourth-order valence-corrected chi connectivity index (χ4v) is 4.96. The first-order chi connectivity index (χ1) is 23.4. The molecule has 1 aromatic heterocycles. The number of amides is 4. The Hall–Kier alpha value is -2.99. The van der Waals surface area contributed by atoms with Crippen molar-refractivity contribution in [2.75, 3.05) is 112 Å². The zero-order valence-corrected chi connectivity index (χ0v) is 28.6. The Morgan fingerprint density at radius 3 is 1.69 bits per heavy atom. The smallest absolute Gasteiger partial charge is 0.317 e. The van der Waals surface area contributed by atoms with Crippen molar-refractivity contribution in [2.24, 2.45) is 11.8 Å². The molecule has 48 heavy (non-hydrogen) atoms. The monoisotopic (exact) mass is 682 g/mol. The van der Waals surface area contributed by atoms with Crippen molar-refractivity contribution in [2.45, 2.75) is 39.8 Å². The number of carbonyl (C=O) groups excluding carboxylic acids is 3. The summed E-state index contributed by atoms with van der Waals surface area (Å²) in [6, 6.07) is -0.00159. The maximum absolute atomic E-state index is 12.2. The Morgan fingerprint density at radius 2 is 1.21 bits per heavy atom. The lowest BCUT2D eigenvalue weighted by atomic mass is 9.87. The van der Waals surface area contributed by atoms with Gasteiger partial charge in [-0.3, -0.25) is 14.5 Å². The lowest BCUT2D eigenvalue weighted by molar-refractivity contribution is -0.137. The molecule has 16 nitrogen and oxygen atoms in total. The van der Waals surface area contributed by atoms with Crippen molar-refractivity contribution >= 4 is 17.8 Å². The molecule has 2 aliphatic heterocycles. The molecular weight excluding hydrogens is 628 g/mol. The third-order valence-electron chi connectivity index (χ3n) is 7.80. The van der Waals surface area contributed by atoms with Crippen molar-refractivity contribution in [3.8, 4) is 0 Å². The second-order valence-corrected chi connectivity index (χ2v) is 11.7. The second-order valence-electron chi connectivity index (χ2n) is 11.7. The van der Waals surface area contributed by atoms with E-state index >= 15 is 0 Å². The number of rotatable bonds is 27. The molecule has 0 aliphatic carbocycles. The summed E-state index contributed by atoms with van der Waals surface area (Å²) >= 11 is 0. The fourth-order valence-electron chi connectivity index (χ4n) is 4.96. The molecule has 3 heterocycles. The highest BCUT2D eigenvalue weighted by Crippen LogP contribution is 2.24. The number of likely N-dealkylation sites (tertiary alicyclic amines) is 1. The van der Waals surface area contributed by atoms with Crippen LogP contribution < -0.4 is 5.32 Å². The average Bonchev–Trinajstić information content (AvgIpc) is 3.67. The predicted octanol–water partition coefficient (Wildman–Crippen LogP) is 0.897. The minimum Gasteiger partial charge on any atom is -0.377 e. The van der Waals surface area contributed by atoms with Crippen LogP contribution in [0.1, 0.15) is 32.4 Å². The second kappa shape index (κ2) is 24.2. The van der Waals surface area contributed by atoms with Crippen LogP contribution in [-0.2, 0) is 55.8 Å². The van der Waals surface area contributed by atoms with Gasteiger partial charge in [0.25, 0.3) is 11.8 Å². The molecule has 0 radical (unpaired) electrons. The number of piperidine rings is 1. The summed E-state index contributed by atoms with van der Waals surface area (Å²) in [5.74, 6) is 0.702. The van der Waals surface area contributed by atoms with E-state index in [1.807, 2.05) is 4.90 Å². The van der Waals surface area contributed by atoms with Gasteiger partial charge in [0.1, 0.15) is 5.69 Å². The molecular formula is C32H54N6O10. The molecule has 0 atom stereocenters. The standard InChI is InChI=1S/C32H54N6O10/c1-27(2)28-5-8-36(9-6-28)32(41)33-7-11-42-13-15-44-17-19-46-21-23-48-24-22-47-20-18-45-16-14-43-12-10-37-25-29(34-35-37)26-38-30(39)3-4-31(38)40/h3-4,25,27-28H,5-24,26H2,1-2H3,(H,33,41). The van der Waals surface area contributed by atoms with Crippen molar-refractivity contribution < 1.29 is 47.5 Å². The van der Waals surface area contributed by atoms with Crippen LogP contribution in [0.4, 0.5) is 4.79 Å². The summed E-state index contributed by atoms with van der Waals surface area (Å²) in [4.78, 5) is 38.5. The lowest BCUT2D eigenvalue weighted by Crippen LogP contribution is -2.45. The lowest BCUT2D eigenvalue weighted by Gasteiger charge is -2.33. The van der Waals surface area contributed by atoms with Gasteiger partial charge < -0.3 is 43.4 Å². The number of ether oxygens (including phenoxy) is 7. The number of imide groups is 1. The largest absolute Gasteiger partial charge is 0.377 e. The van der Waals surface area contributed by atoms with Crippen molar-refractivity contribution in [3.63, 3.8) is 0 Å². The molecule has 0 unspecified atom stereocenters. The van der Waals surface area contributed by atoms with Crippen molar-refractivity contribution in [1.82, 2.24) is 30.1 Å². The number of nitrogens with zero attached hydrogens (tertiary/aromatic N) is 5. The minimum atomic E-state index is -0.348. The van der Waals surface area contributed by atoms with Crippen molar-refractivity contribution in [1.29, 1.82) is 0 Å². The Morgan fingerprint density at radius 1 is 0.750 bits per heavy atom. The SMILES string of the molecule is CC(C)C1CCN(C(=O)NCCOCCOCCOCCOCCOCCOCCOCCn2cc(CN3C(=O)C=CC3=O)nn2)CC1. The number of hydrogen-bond donors (Lipinski definition) is 1. The van der Waals surface area contributed by atoms with Crippen LogP contribution in [0.2, 0.25) is 0 Å². The zero-order chi connectivity index (χ0) is 34.2. The molecule has 1 aromatic rings. The highest BCUT2D eigenvalue weighted by Gasteiger charge is 2.25. The minimum absolute atomic E-state index is 0.00159. The highest BCUT2D eigenvalue weighted by molar-refractivity contribution is 6.12. The maximum atomic E-state index is 12.2. The van der Waals surface area contributed by atoms with Crippen LogP contribution in [-0.4, -0.2) is 155 Å². The van der Waals surface area contributed by atoms with Gasteiger partial charge in [0.15, 0.2) is 0 Å². The van der Waals surface area contributed by atoms with Crippen LogP contribution in [0.3, 0.4) is 0 Å². The summed E-state index contributed by atoms with van der Waals surface area (Å²) in [5, 5.41) is 10.9. The van der Waals surface area contributed by atoms with Gasteiger partial charge in [0, 0.05) is 31.8 Å². The molecule has 0 spiro atoms. The van der Waals surface area contributed by atoms with Gasteiger partial charge in [-0.2, -0.15) is 0 Å². The van der Waals surface area contributed by atoms with E-state index < -0.39 is 0 Å². The zero-order valence-electron chi connectivity index (χ0n) is 28.6. The summed E-state index contributed by atoms with van der Waals surface area (Å²) < 4.78 is 40.1. The number of hydrogen-bond acceptors (Lipinski definition) is 12. The third kappa shape index (κ3) is 16.4. The summed E-state index contributed by atoms with van der Waals surface area (Å²) in [5.41, 5.74) is 0.533.